The minimum absolute atomic E-state index is 0.0877. The van der Waals surface area contributed by atoms with Gasteiger partial charge in [0.1, 0.15) is 12.0 Å². The van der Waals surface area contributed by atoms with Crippen LogP contribution in [0.1, 0.15) is 5.56 Å². The standard InChI is InChI=1S/C17H15F2NO2S/c18-14-8-6-13(7-9-14)16-10-11-20(12-17(16)19)23(21,22)15-4-2-1-3-5-15/h1-10,17H,11-12H2. The molecule has 1 aliphatic rings. The zero-order valence-corrected chi connectivity index (χ0v) is 13.0. The quantitative estimate of drug-likeness (QED) is 0.863. The van der Waals surface area contributed by atoms with Crippen LogP contribution < -0.4 is 0 Å². The summed E-state index contributed by atoms with van der Waals surface area (Å²) in [5, 5.41) is 0. The largest absolute Gasteiger partial charge is 0.243 e. The van der Waals surface area contributed by atoms with Gasteiger partial charge in [-0.05, 0) is 35.4 Å². The highest BCUT2D eigenvalue weighted by molar-refractivity contribution is 7.89. The van der Waals surface area contributed by atoms with Gasteiger partial charge in [-0.25, -0.2) is 17.2 Å². The molecule has 0 bridgehead atoms. The summed E-state index contributed by atoms with van der Waals surface area (Å²) in [6, 6.07) is 13.5. The number of halogens is 2. The molecule has 0 saturated heterocycles. The molecule has 0 aromatic heterocycles. The van der Waals surface area contributed by atoms with Crippen molar-refractivity contribution in [3.63, 3.8) is 0 Å². The molecular formula is C17H15F2NO2S. The lowest BCUT2D eigenvalue weighted by Gasteiger charge is -2.28. The van der Waals surface area contributed by atoms with Crippen LogP contribution in [0.5, 0.6) is 0 Å². The van der Waals surface area contributed by atoms with Crippen LogP contribution in [0.2, 0.25) is 0 Å². The third-order valence-corrected chi connectivity index (χ3v) is 5.62. The zero-order chi connectivity index (χ0) is 16.4. The zero-order valence-electron chi connectivity index (χ0n) is 12.2. The summed E-state index contributed by atoms with van der Waals surface area (Å²) in [6.45, 7) is -0.162. The summed E-state index contributed by atoms with van der Waals surface area (Å²) in [4.78, 5) is 0.144. The maximum Gasteiger partial charge on any atom is 0.243 e. The molecule has 2 aromatic rings. The van der Waals surface area contributed by atoms with E-state index < -0.39 is 22.0 Å². The van der Waals surface area contributed by atoms with Crippen molar-refractivity contribution in [1.29, 1.82) is 0 Å². The van der Waals surface area contributed by atoms with E-state index >= 15 is 0 Å². The van der Waals surface area contributed by atoms with E-state index in [1.165, 1.54) is 36.4 Å². The summed E-state index contributed by atoms with van der Waals surface area (Å²) >= 11 is 0. The Morgan fingerprint density at radius 3 is 2.26 bits per heavy atom. The van der Waals surface area contributed by atoms with Gasteiger partial charge in [0, 0.05) is 13.1 Å². The number of rotatable bonds is 3. The van der Waals surface area contributed by atoms with Gasteiger partial charge >= 0.3 is 0 Å². The number of hydrogen-bond acceptors (Lipinski definition) is 2. The highest BCUT2D eigenvalue weighted by Gasteiger charge is 2.31. The molecule has 0 radical (unpaired) electrons. The first-order valence-corrected chi connectivity index (χ1v) is 8.58. The van der Waals surface area contributed by atoms with E-state index in [1.807, 2.05) is 0 Å². The third-order valence-electron chi connectivity index (χ3n) is 3.77. The summed E-state index contributed by atoms with van der Waals surface area (Å²) in [5.74, 6) is -0.395. The molecule has 1 atom stereocenters. The van der Waals surface area contributed by atoms with Crippen LogP contribution in [0, 0.1) is 5.82 Å². The van der Waals surface area contributed by atoms with E-state index in [2.05, 4.69) is 0 Å². The number of benzene rings is 2. The Kier molecular flexibility index (Phi) is 4.28. The molecule has 120 valence electrons. The number of hydrogen-bond donors (Lipinski definition) is 0. The molecule has 2 aromatic carbocycles. The molecule has 0 fully saturated rings. The van der Waals surface area contributed by atoms with Crippen LogP contribution in [0.25, 0.3) is 5.57 Å². The number of sulfonamides is 1. The average Bonchev–Trinajstić information content (AvgIpc) is 2.56. The van der Waals surface area contributed by atoms with Gasteiger partial charge < -0.3 is 0 Å². The molecule has 0 spiro atoms. The Bertz CT molecular complexity index is 817. The van der Waals surface area contributed by atoms with E-state index in [4.69, 9.17) is 0 Å². The normalized spacial score (nSPS) is 19.4. The molecule has 3 nitrogen and oxygen atoms in total. The second kappa shape index (κ2) is 6.22. The van der Waals surface area contributed by atoms with E-state index in [1.54, 1.807) is 24.3 Å². The summed E-state index contributed by atoms with van der Waals surface area (Å²) in [5.41, 5.74) is 0.958. The van der Waals surface area contributed by atoms with Gasteiger partial charge in [-0.15, -0.1) is 0 Å². The molecule has 1 aliphatic heterocycles. The Morgan fingerprint density at radius 1 is 1.00 bits per heavy atom. The van der Waals surface area contributed by atoms with Gasteiger partial charge in [0.2, 0.25) is 10.0 Å². The fourth-order valence-corrected chi connectivity index (χ4v) is 3.96. The van der Waals surface area contributed by atoms with Gasteiger partial charge in [-0.3, -0.25) is 0 Å². The monoisotopic (exact) mass is 335 g/mol. The van der Waals surface area contributed by atoms with Gasteiger partial charge in [-0.1, -0.05) is 36.4 Å². The number of nitrogens with zero attached hydrogens (tertiary/aromatic N) is 1. The minimum Gasteiger partial charge on any atom is -0.241 e. The summed E-state index contributed by atoms with van der Waals surface area (Å²) in [6.07, 6.45) is 0.0923. The van der Waals surface area contributed by atoms with Crippen molar-refractivity contribution < 1.29 is 17.2 Å². The van der Waals surface area contributed by atoms with Crippen molar-refractivity contribution >= 4 is 15.6 Å². The van der Waals surface area contributed by atoms with Crippen LogP contribution in [-0.2, 0) is 10.0 Å². The maximum absolute atomic E-state index is 14.5. The minimum atomic E-state index is -3.72. The fraction of sp³-hybridized carbons (Fsp3) is 0.176. The predicted octanol–water partition coefficient (Wildman–Crippen LogP) is 3.25. The van der Waals surface area contributed by atoms with Crippen LogP contribution in [0.3, 0.4) is 0 Å². The molecule has 6 heteroatoms. The second-order valence-electron chi connectivity index (χ2n) is 5.27. The van der Waals surface area contributed by atoms with Crippen molar-refractivity contribution in [3.05, 3.63) is 72.1 Å². The van der Waals surface area contributed by atoms with E-state index in [0.717, 1.165) is 4.31 Å². The first-order valence-electron chi connectivity index (χ1n) is 7.14. The third kappa shape index (κ3) is 3.18. The predicted molar refractivity (Wildman–Crippen MR) is 84.5 cm³/mol. The Balaban J connectivity index is 1.86. The number of alkyl halides is 1. The topological polar surface area (TPSA) is 37.4 Å². The van der Waals surface area contributed by atoms with Crippen LogP contribution in [-0.4, -0.2) is 32.0 Å². The van der Waals surface area contributed by atoms with Gasteiger partial charge in [-0.2, -0.15) is 4.31 Å². The van der Waals surface area contributed by atoms with Crippen molar-refractivity contribution in [2.45, 2.75) is 11.1 Å². The highest BCUT2D eigenvalue weighted by atomic mass is 32.2. The molecule has 0 amide bonds. The van der Waals surface area contributed by atoms with Crippen LogP contribution >= 0.6 is 0 Å². The smallest absolute Gasteiger partial charge is 0.241 e. The Morgan fingerprint density at radius 2 is 1.65 bits per heavy atom. The van der Waals surface area contributed by atoms with E-state index in [-0.39, 0.29) is 18.0 Å². The first-order chi connectivity index (χ1) is 11.0. The van der Waals surface area contributed by atoms with Gasteiger partial charge in [0.05, 0.1) is 4.90 Å². The Labute approximate surface area is 133 Å². The lowest BCUT2D eigenvalue weighted by atomic mass is 9.99. The fourth-order valence-electron chi connectivity index (χ4n) is 2.56. The molecule has 1 unspecified atom stereocenters. The lowest BCUT2D eigenvalue weighted by Crippen LogP contribution is -2.39. The van der Waals surface area contributed by atoms with Crippen molar-refractivity contribution in [2.24, 2.45) is 0 Å². The van der Waals surface area contributed by atoms with Crippen molar-refractivity contribution in [3.8, 4) is 0 Å². The molecule has 0 aliphatic carbocycles. The molecule has 0 N–H and O–H groups in total. The maximum atomic E-state index is 14.5. The average molecular weight is 335 g/mol. The van der Waals surface area contributed by atoms with E-state index in [9.17, 15) is 17.2 Å². The first kappa shape index (κ1) is 15.8. The van der Waals surface area contributed by atoms with Gasteiger partial charge in [0.15, 0.2) is 0 Å². The van der Waals surface area contributed by atoms with Crippen LogP contribution in [0.15, 0.2) is 65.6 Å². The van der Waals surface area contributed by atoms with E-state index in [0.29, 0.717) is 11.1 Å². The SMILES string of the molecule is O=S(=O)(c1ccccc1)N1CC=C(c2ccc(F)cc2)C(F)C1. The van der Waals surface area contributed by atoms with Crippen molar-refractivity contribution in [2.75, 3.05) is 13.1 Å². The highest BCUT2D eigenvalue weighted by Crippen LogP contribution is 2.28. The Hall–Kier alpha value is -2.05. The van der Waals surface area contributed by atoms with Crippen LogP contribution in [0.4, 0.5) is 8.78 Å². The summed E-state index contributed by atoms with van der Waals surface area (Å²) in [7, 11) is -3.72. The van der Waals surface area contributed by atoms with Gasteiger partial charge in [0.25, 0.3) is 0 Å². The molecule has 3 rings (SSSR count). The molecule has 0 saturated carbocycles. The molecular weight excluding hydrogens is 320 g/mol. The molecule has 23 heavy (non-hydrogen) atoms. The second-order valence-corrected chi connectivity index (χ2v) is 7.21. The van der Waals surface area contributed by atoms with Crippen molar-refractivity contribution in [1.82, 2.24) is 4.31 Å². The summed E-state index contributed by atoms with van der Waals surface area (Å²) < 4.78 is 53.5. The molecule has 1 heterocycles. The lowest BCUT2D eigenvalue weighted by molar-refractivity contribution is 0.312.